The van der Waals surface area contributed by atoms with E-state index in [1.54, 1.807) is 11.0 Å². The van der Waals surface area contributed by atoms with E-state index in [0.717, 1.165) is 43.0 Å². The van der Waals surface area contributed by atoms with Crippen molar-refractivity contribution in [1.29, 1.82) is 0 Å². The molecule has 4 aromatic rings. The fourth-order valence-corrected chi connectivity index (χ4v) is 3.70. The summed E-state index contributed by atoms with van der Waals surface area (Å²) in [4.78, 5) is 13.4. The summed E-state index contributed by atoms with van der Waals surface area (Å²) in [5.74, 6) is 2.27. The van der Waals surface area contributed by atoms with Crippen LogP contribution in [0.5, 0.6) is 0 Å². The summed E-state index contributed by atoms with van der Waals surface area (Å²) in [7, 11) is 1.90. The van der Waals surface area contributed by atoms with E-state index in [1.165, 1.54) is 5.56 Å². The Bertz CT molecular complexity index is 1100. The van der Waals surface area contributed by atoms with Crippen molar-refractivity contribution in [3.63, 3.8) is 0 Å². The number of piperazine rings is 1. The van der Waals surface area contributed by atoms with Gasteiger partial charge in [-0.25, -0.2) is 9.97 Å². The molecule has 1 saturated heterocycles. The Balaban J connectivity index is 1.20. The second kappa shape index (κ2) is 7.59. The highest BCUT2D eigenvalue weighted by molar-refractivity contribution is 5.86. The maximum atomic E-state index is 5.85. The second-order valence-electron chi connectivity index (χ2n) is 7.22. The van der Waals surface area contributed by atoms with E-state index in [2.05, 4.69) is 47.2 Å². The van der Waals surface area contributed by atoms with Crippen molar-refractivity contribution in [3.05, 3.63) is 60.2 Å². The van der Waals surface area contributed by atoms with Crippen LogP contribution in [0.15, 0.2) is 47.3 Å². The number of benzene rings is 1. The Morgan fingerprint density at radius 2 is 1.76 bits per heavy atom. The van der Waals surface area contributed by atoms with Crippen molar-refractivity contribution in [2.75, 3.05) is 31.1 Å². The molecule has 0 atom stereocenters. The van der Waals surface area contributed by atoms with Gasteiger partial charge in [0.1, 0.15) is 12.1 Å². The van der Waals surface area contributed by atoms with E-state index in [0.29, 0.717) is 24.7 Å². The predicted molar refractivity (Wildman–Crippen MR) is 107 cm³/mol. The van der Waals surface area contributed by atoms with Crippen LogP contribution in [0.4, 0.5) is 5.82 Å². The molecule has 1 fully saturated rings. The molecule has 0 amide bonds. The van der Waals surface area contributed by atoms with Gasteiger partial charge < -0.3 is 9.32 Å². The third-order valence-electron chi connectivity index (χ3n) is 5.25. The molecular weight excluding hydrogens is 368 g/mol. The molecule has 9 nitrogen and oxygen atoms in total. The number of hydrogen-bond acceptors (Lipinski definition) is 8. The van der Waals surface area contributed by atoms with Crippen molar-refractivity contribution in [3.8, 4) is 0 Å². The van der Waals surface area contributed by atoms with Gasteiger partial charge in [0, 0.05) is 33.2 Å². The van der Waals surface area contributed by atoms with Crippen LogP contribution in [-0.4, -0.2) is 61.0 Å². The fourth-order valence-electron chi connectivity index (χ4n) is 3.70. The number of anilines is 1. The molecule has 0 N–H and O–H groups in total. The van der Waals surface area contributed by atoms with E-state index < -0.39 is 0 Å². The van der Waals surface area contributed by atoms with Crippen molar-refractivity contribution in [1.82, 2.24) is 34.8 Å². The molecule has 0 spiro atoms. The van der Waals surface area contributed by atoms with Crippen LogP contribution < -0.4 is 4.90 Å². The third kappa shape index (κ3) is 3.68. The topological polar surface area (TPSA) is 89.0 Å². The van der Waals surface area contributed by atoms with Crippen LogP contribution in [0.1, 0.15) is 17.3 Å². The lowest BCUT2D eigenvalue weighted by atomic mass is 10.2. The molecule has 1 aliphatic rings. The van der Waals surface area contributed by atoms with Crippen LogP contribution in [0.2, 0.25) is 0 Å². The maximum Gasteiger partial charge on any atom is 0.230 e. The summed E-state index contributed by atoms with van der Waals surface area (Å²) in [5.41, 5.74) is 2.03. The van der Waals surface area contributed by atoms with Gasteiger partial charge in [0.2, 0.25) is 11.8 Å². The third-order valence-corrected chi connectivity index (χ3v) is 5.25. The predicted octanol–water partition coefficient (Wildman–Crippen LogP) is 1.66. The van der Waals surface area contributed by atoms with Crippen LogP contribution >= 0.6 is 0 Å². The molecule has 1 aliphatic heterocycles. The van der Waals surface area contributed by atoms with E-state index in [-0.39, 0.29) is 0 Å². The van der Waals surface area contributed by atoms with Crippen molar-refractivity contribution in [2.45, 2.75) is 13.0 Å². The van der Waals surface area contributed by atoms with Crippen molar-refractivity contribution < 1.29 is 4.42 Å². The van der Waals surface area contributed by atoms with Gasteiger partial charge in [-0.15, -0.1) is 10.2 Å². The molecule has 1 aromatic carbocycles. The Morgan fingerprint density at radius 1 is 0.966 bits per heavy atom. The summed E-state index contributed by atoms with van der Waals surface area (Å²) < 4.78 is 7.63. The second-order valence-corrected chi connectivity index (χ2v) is 7.22. The summed E-state index contributed by atoms with van der Waals surface area (Å²) >= 11 is 0. The molecule has 4 heterocycles. The Hall–Kier alpha value is -3.33. The molecule has 0 aliphatic carbocycles. The summed E-state index contributed by atoms with van der Waals surface area (Å²) in [6.07, 6.45) is 4.11. The molecule has 0 saturated carbocycles. The summed E-state index contributed by atoms with van der Waals surface area (Å²) in [6, 6.07) is 10.2. The van der Waals surface area contributed by atoms with Gasteiger partial charge in [-0.3, -0.25) is 9.58 Å². The van der Waals surface area contributed by atoms with Gasteiger partial charge in [-0.2, -0.15) is 5.10 Å². The largest absolute Gasteiger partial charge is 0.424 e. The molecule has 148 valence electrons. The Kier molecular flexibility index (Phi) is 4.65. The number of rotatable bonds is 5. The van der Waals surface area contributed by atoms with Crippen LogP contribution in [0, 0.1) is 0 Å². The average Bonchev–Trinajstić information content (AvgIpc) is 3.36. The number of aryl methyl sites for hydroxylation is 1. The quantitative estimate of drug-likeness (QED) is 0.508. The number of fused-ring (bicyclic) bond motifs is 1. The number of aromatic nitrogens is 6. The number of nitrogens with zero attached hydrogens (tertiary/aromatic N) is 8. The van der Waals surface area contributed by atoms with Gasteiger partial charge in [-0.05, 0) is 5.56 Å². The molecular formula is C20H22N8O. The zero-order valence-electron chi connectivity index (χ0n) is 16.3. The monoisotopic (exact) mass is 390 g/mol. The van der Waals surface area contributed by atoms with Gasteiger partial charge in [0.05, 0.1) is 24.5 Å². The Labute approximate surface area is 168 Å². The molecule has 29 heavy (non-hydrogen) atoms. The SMILES string of the molecule is Cn1ncc2c(N3CCN(Cc4nnc(Cc5ccccc5)o4)CC3)ncnc21. The standard InChI is InChI=1S/C20H22N8O/c1-26-19-16(12-23-26)20(22-14-21-19)28-9-7-27(8-10-28)13-18-25-24-17(29-18)11-15-5-3-2-4-6-15/h2-6,12,14H,7-11,13H2,1H3. The van der Waals surface area contributed by atoms with E-state index >= 15 is 0 Å². The van der Waals surface area contributed by atoms with Crippen molar-refractivity contribution >= 4 is 16.9 Å². The highest BCUT2D eigenvalue weighted by Crippen LogP contribution is 2.23. The minimum atomic E-state index is 0.657. The van der Waals surface area contributed by atoms with Crippen LogP contribution in [0.25, 0.3) is 11.0 Å². The molecule has 0 radical (unpaired) electrons. The summed E-state index contributed by atoms with van der Waals surface area (Å²) in [6.45, 7) is 4.24. The van der Waals surface area contributed by atoms with E-state index in [1.807, 2.05) is 31.4 Å². The van der Waals surface area contributed by atoms with Gasteiger partial charge in [-0.1, -0.05) is 30.3 Å². The zero-order chi connectivity index (χ0) is 19.6. The highest BCUT2D eigenvalue weighted by Gasteiger charge is 2.22. The van der Waals surface area contributed by atoms with Crippen LogP contribution in [0.3, 0.4) is 0 Å². The summed E-state index contributed by atoms with van der Waals surface area (Å²) in [5, 5.41) is 13.7. The molecule has 0 unspecified atom stereocenters. The van der Waals surface area contributed by atoms with Crippen molar-refractivity contribution in [2.24, 2.45) is 7.05 Å². The fraction of sp³-hybridized carbons (Fsp3) is 0.350. The van der Waals surface area contributed by atoms with Gasteiger partial charge in [0.25, 0.3) is 0 Å². The van der Waals surface area contributed by atoms with E-state index in [9.17, 15) is 0 Å². The van der Waals surface area contributed by atoms with Crippen LogP contribution in [-0.2, 0) is 20.0 Å². The Morgan fingerprint density at radius 3 is 2.59 bits per heavy atom. The lowest BCUT2D eigenvalue weighted by Gasteiger charge is -2.34. The van der Waals surface area contributed by atoms with E-state index in [4.69, 9.17) is 4.42 Å². The first-order chi connectivity index (χ1) is 14.3. The first-order valence-electron chi connectivity index (χ1n) is 9.71. The zero-order valence-corrected chi connectivity index (χ0v) is 16.3. The minimum absolute atomic E-state index is 0.657. The molecule has 0 bridgehead atoms. The van der Waals surface area contributed by atoms with Gasteiger partial charge >= 0.3 is 0 Å². The first-order valence-corrected chi connectivity index (χ1v) is 9.71. The molecule has 5 rings (SSSR count). The lowest BCUT2D eigenvalue weighted by Crippen LogP contribution is -2.46. The normalized spacial score (nSPS) is 15.3. The molecule has 3 aromatic heterocycles. The smallest absolute Gasteiger partial charge is 0.230 e. The average molecular weight is 390 g/mol. The lowest BCUT2D eigenvalue weighted by molar-refractivity contribution is 0.224. The van der Waals surface area contributed by atoms with Gasteiger partial charge in [0.15, 0.2) is 5.65 Å². The maximum absolute atomic E-state index is 5.85. The number of hydrogen-bond donors (Lipinski definition) is 0. The molecule has 9 heteroatoms. The highest BCUT2D eigenvalue weighted by atomic mass is 16.4. The minimum Gasteiger partial charge on any atom is -0.424 e. The first kappa shape index (κ1) is 17.7.